The standard InChI is InChI=1S/C27H25N5O3/c1-16-29-23-14-25(34-4)24(33-3)13-22(23)26(30-16)28-15-18-6-5-7-21(12-18)19-8-10-20(11-9-19)27-32-31-17(2)35-27/h5-14H,15H2,1-4H3,(H,28,29,30). The van der Waals surface area contributed by atoms with Crippen molar-refractivity contribution < 1.29 is 13.9 Å². The molecule has 0 fully saturated rings. The lowest BCUT2D eigenvalue weighted by molar-refractivity contribution is 0.356. The predicted octanol–water partition coefficient (Wildman–Crippen LogP) is 5.59. The van der Waals surface area contributed by atoms with Crippen LogP contribution in [0.3, 0.4) is 0 Å². The van der Waals surface area contributed by atoms with Gasteiger partial charge in [0, 0.05) is 30.5 Å². The van der Waals surface area contributed by atoms with E-state index in [1.165, 1.54) is 0 Å². The minimum atomic E-state index is 0.522. The molecule has 0 unspecified atom stereocenters. The highest BCUT2D eigenvalue weighted by Gasteiger charge is 2.12. The van der Waals surface area contributed by atoms with Gasteiger partial charge in [0.15, 0.2) is 11.5 Å². The lowest BCUT2D eigenvalue weighted by Crippen LogP contribution is -2.05. The molecule has 0 spiro atoms. The van der Waals surface area contributed by atoms with Gasteiger partial charge in [0.2, 0.25) is 11.8 Å². The number of ether oxygens (including phenoxy) is 2. The third-order valence-corrected chi connectivity index (χ3v) is 5.69. The van der Waals surface area contributed by atoms with Crippen LogP contribution in [0.25, 0.3) is 33.5 Å². The first-order chi connectivity index (χ1) is 17.0. The zero-order valence-corrected chi connectivity index (χ0v) is 20.0. The van der Waals surface area contributed by atoms with Gasteiger partial charge >= 0.3 is 0 Å². The van der Waals surface area contributed by atoms with Crippen LogP contribution >= 0.6 is 0 Å². The van der Waals surface area contributed by atoms with Crippen molar-refractivity contribution >= 4 is 16.7 Å². The average Bonchev–Trinajstić information content (AvgIpc) is 3.33. The van der Waals surface area contributed by atoms with E-state index in [1.54, 1.807) is 21.1 Å². The van der Waals surface area contributed by atoms with Gasteiger partial charge in [0.25, 0.3) is 0 Å². The predicted molar refractivity (Wildman–Crippen MR) is 135 cm³/mol. The van der Waals surface area contributed by atoms with Crippen LogP contribution in [0.2, 0.25) is 0 Å². The molecule has 0 saturated carbocycles. The molecule has 0 aliphatic carbocycles. The highest BCUT2D eigenvalue weighted by molar-refractivity contribution is 5.91. The second kappa shape index (κ2) is 9.42. The average molecular weight is 468 g/mol. The summed E-state index contributed by atoms with van der Waals surface area (Å²) in [6, 6.07) is 20.3. The molecule has 1 N–H and O–H groups in total. The van der Waals surface area contributed by atoms with Gasteiger partial charge in [-0.25, -0.2) is 9.97 Å². The Bertz CT molecular complexity index is 1500. The van der Waals surface area contributed by atoms with Crippen molar-refractivity contribution in [3.8, 4) is 34.1 Å². The van der Waals surface area contributed by atoms with Crippen LogP contribution in [0, 0.1) is 13.8 Å². The third kappa shape index (κ3) is 4.63. The van der Waals surface area contributed by atoms with Crippen molar-refractivity contribution in [3.63, 3.8) is 0 Å². The zero-order chi connectivity index (χ0) is 24.4. The van der Waals surface area contributed by atoms with E-state index in [2.05, 4.69) is 61.9 Å². The van der Waals surface area contributed by atoms with Gasteiger partial charge in [-0.15, -0.1) is 10.2 Å². The fourth-order valence-corrected chi connectivity index (χ4v) is 3.97. The number of nitrogens with one attached hydrogen (secondary N) is 1. The summed E-state index contributed by atoms with van der Waals surface area (Å²) in [7, 11) is 3.23. The van der Waals surface area contributed by atoms with E-state index in [0.717, 1.165) is 39.0 Å². The maximum atomic E-state index is 5.52. The number of nitrogens with zero attached hydrogens (tertiary/aromatic N) is 4. The molecule has 0 atom stereocenters. The molecule has 5 rings (SSSR count). The summed E-state index contributed by atoms with van der Waals surface area (Å²) in [6.45, 7) is 4.26. The number of aryl methyl sites for hydroxylation is 2. The van der Waals surface area contributed by atoms with Gasteiger partial charge in [-0.05, 0) is 47.9 Å². The first kappa shape index (κ1) is 22.3. The summed E-state index contributed by atoms with van der Waals surface area (Å²) >= 11 is 0. The highest BCUT2D eigenvalue weighted by atomic mass is 16.5. The second-order valence-corrected chi connectivity index (χ2v) is 8.10. The summed E-state index contributed by atoms with van der Waals surface area (Å²) in [6.07, 6.45) is 0. The largest absolute Gasteiger partial charge is 0.493 e. The number of aromatic nitrogens is 4. The molecular formula is C27H25N5O3. The van der Waals surface area contributed by atoms with Crippen LogP contribution in [0.5, 0.6) is 11.5 Å². The Kier molecular flexibility index (Phi) is 6.01. The molecule has 0 saturated heterocycles. The third-order valence-electron chi connectivity index (χ3n) is 5.69. The Hall–Kier alpha value is -4.46. The number of rotatable bonds is 7. The Morgan fingerprint density at radius 3 is 2.26 bits per heavy atom. The topological polar surface area (TPSA) is 95.2 Å². The normalized spacial score (nSPS) is 11.0. The number of hydrogen-bond donors (Lipinski definition) is 1. The maximum Gasteiger partial charge on any atom is 0.247 e. The molecule has 0 aliphatic heterocycles. The number of anilines is 1. The van der Waals surface area contributed by atoms with Crippen LogP contribution < -0.4 is 14.8 Å². The van der Waals surface area contributed by atoms with Crippen molar-refractivity contribution in [1.29, 1.82) is 0 Å². The van der Waals surface area contributed by atoms with E-state index in [1.807, 2.05) is 31.2 Å². The van der Waals surface area contributed by atoms with Crippen molar-refractivity contribution in [2.24, 2.45) is 0 Å². The highest BCUT2D eigenvalue weighted by Crippen LogP contribution is 2.34. The molecule has 3 aromatic carbocycles. The first-order valence-corrected chi connectivity index (χ1v) is 11.2. The monoisotopic (exact) mass is 467 g/mol. The molecular weight excluding hydrogens is 442 g/mol. The van der Waals surface area contributed by atoms with Gasteiger partial charge in [-0.1, -0.05) is 30.3 Å². The molecule has 0 bridgehead atoms. The molecule has 35 heavy (non-hydrogen) atoms. The van der Waals surface area contributed by atoms with Crippen molar-refractivity contribution in [3.05, 3.63) is 77.9 Å². The Morgan fingerprint density at radius 2 is 1.54 bits per heavy atom. The smallest absolute Gasteiger partial charge is 0.247 e. The Morgan fingerprint density at radius 1 is 0.800 bits per heavy atom. The van der Waals surface area contributed by atoms with E-state index in [-0.39, 0.29) is 0 Å². The van der Waals surface area contributed by atoms with Gasteiger partial charge < -0.3 is 19.2 Å². The zero-order valence-electron chi connectivity index (χ0n) is 20.0. The lowest BCUT2D eigenvalue weighted by atomic mass is 10.0. The van der Waals surface area contributed by atoms with Crippen LogP contribution in [-0.4, -0.2) is 34.4 Å². The van der Waals surface area contributed by atoms with Crippen LogP contribution in [0.15, 0.2) is 65.1 Å². The first-order valence-electron chi connectivity index (χ1n) is 11.2. The van der Waals surface area contributed by atoms with Gasteiger partial charge in [0.05, 0.1) is 19.7 Å². The fraction of sp³-hybridized carbons (Fsp3) is 0.185. The molecule has 0 amide bonds. The molecule has 176 valence electrons. The number of benzene rings is 3. The lowest BCUT2D eigenvalue weighted by Gasteiger charge is -2.13. The molecule has 8 nitrogen and oxygen atoms in total. The van der Waals surface area contributed by atoms with E-state index in [9.17, 15) is 0 Å². The molecule has 2 aromatic heterocycles. The minimum Gasteiger partial charge on any atom is -0.493 e. The minimum absolute atomic E-state index is 0.522. The van der Waals surface area contributed by atoms with Gasteiger partial charge in [-0.2, -0.15) is 0 Å². The quantitative estimate of drug-likeness (QED) is 0.331. The molecule has 5 aromatic rings. The molecule has 8 heteroatoms. The van der Waals surface area contributed by atoms with E-state index < -0.39 is 0 Å². The Balaban J connectivity index is 1.38. The van der Waals surface area contributed by atoms with E-state index >= 15 is 0 Å². The number of methoxy groups -OCH3 is 2. The molecule has 0 aliphatic rings. The fourth-order valence-electron chi connectivity index (χ4n) is 3.97. The summed E-state index contributed by atoms with van der Waals surface area (Å²) in [5.41, 5.74) is 5.04. The Labute approximate surface area is 203 Å². The molecule has 2 heterocycles. The van der Waals surface area contributed by atoms with Crippen molar-refractivity contribution in [2.75, 3.05) is 19.5 Å². The SMILES string of the molecule is COc1cc2nc(C)nc(NCc3cccc(-c4ccc(-c5nnc(C)o5)cc4)c3)c2cc1OC. The van der Waals surface area contributed by atoms with Crippen LogP contribution in [-0.2, 0) is 6.54 Å². The van der Waals surface area contributed by atoms with Gasteiger partial charge in [0.1, 0.15) is 11.6 Å². The van der Waals surface area contributed by atoms with Crippen molar-refractivity contribution in [2.45, 2.75) is 20.4 Å². The summed E-state index contributed by atoms with van der Waals surface area (Å²) < 4.78 is 16.4. The van der Waals surface area contributed by atoms with Crippen LogP contribution in [0.4, 0.5) is 5.82 Å². The second-order valence-electron chi connectivity index (χ2n) is 8.10. The van der Waals surface area contributed by atoms with Gasteiger partial charge in [-0.3, -0.25) is 0 Å². The summed E-state index contributed by atoms with van der Waals surface area (Å²) in [4.78, 5) is 9.19. The van der Waals surface area contributed by atoms with E-state index in [4.69, 9.17) is 13.9 Å². The van der Waals surface area contributed by atoms with Crippen molar-refractivity contribution in [1.82, 2.24) is 20.2 Å². The maximum absolute atomic E-state index is 5.52. The number of fused-ring (bicyclic) bond motifs is 1. The molecule has 0 radical (unpaired) electrons. The van der Waals surface area contributed by atoms with Crippen LogP contribution in [0.1, 0.15) is 17.3 Å². The summed E-state index contributed by atoms with van der Waals surface area (Å²) in [5, 5.41) is 12.3. The number of hydrogen-bond acceptors (Lipinski definition) is 8. The van der Waals surface area contributed by atoms with E-state index in [0.29, 0.717) is 35.6 Å². The summed E-state index contributed by atoms with van der Waals surface area (Å²) in [5.74, 6) is 3.77.